The standard InChI is InChI=1S/C24H18N4O4/c29-23(26-16-10-11-21-22(12-16)32-15-31-21)18-8-4-5-9-19(18)27-24(30)20-13-25-14-28(20)17-6-2-1-3-7-17/h1-14H,15H2,(H,26,29)(H,27,30). The molecule has 2 heterocycles. The SMILES string of the molecule is O=C(Nc1ccc2c(c1)OCO2)c1ccccc1NC(=O)c1cncn1-c1ccccc1. The average molecular weight is 426 g/mol. The van der Waals surface area contributed by atoms with Crippen LogP contribution < -0.4 is 20.1 Å². The lowest BCUT2D eigenvalue weighted by Gasteiger charge is -2.13. The van der Waals surface area contributed by atoms with Crippen molar-refractivity contribution in [2.24, 2.45) is 0 Å². The fourth-order valence-corrected chi connectivity index (χ4v) is 3.41. The van der Waals surface area contributed by atoms with Crippen LogP contribution in [0.2, 0.25) is 0 Å². The summed E-state index contributed by atoms with van der Waals surface area (Å²) < 4.78 is 12.3. The molecule has 1 aliphatic rings. The Morgan fingerprint density at radius 1 is 0.844 bits per heavy atom. The van der Waals surface area contributed by atoms with Gasteiger partial charge in [0.15, 0.2) is 11.5 Å². The number of nitrogens with zero attached hydrogens (tertiary/aromatic N) is 2. The van der Waals surface area contributed by atoms with Crippen LogP contribution in [0.5, 0.6) is 11.5 Å². The third-order valence-corrected chi connectivity index (χ3v) is 4.96. The maximum atomic E-state index is 13.0. The van der Waals surface area contributed by atoms with Gasteiger partial charge in [-0.2, -0.15) is 0 Å². The Bertz CT molecular complexity index is 1300. The molecule has 0 radical (unpaired) electrons. The number of hydrogen-bond donors (Lipinski definition) is 2. The molecule has 0 saturated heterocycles. The number of hydrogen-bond acceptors (Lipinski definition) is 5. The molecule has 0 atom stereocenters. The van der Waals surface area contributed by atoms with E-state index in [1.165, 1.54) is 6.20 Å². The zero-order valence-corrected chi connectivity index (χ0v) is 16.8. The highest BCUT2D eigenvalue weighted by atomic mass is 16.7. The first kappa shape index (κ1) is 19.4. The largest absolute Gasteiger partial charge is 0.454 e. The highest BCUT2D eigenvalue weighted by Gasteiger charge is 2.19. The van der Waals surface area contributed by atoms with E-state index in [1.54, 1.807) is 53.4 Å². The first-order chi connectivity index (χ1) is 15.7. The number of amides is 2. The van der Waals surface area contributed by atoms with Gasteiger partial charge in [0.05, 0.1) is 23.8 Å². The van der Waals surface area contributed by atoms with Crippen molar-refractivity contribution >= 4 is 23.2 Å². The van der Waals surface area contributed by atoms with E-state index in [4.69, 9.17) is 9.47 Å². The lowest BCUT2D eigenvalue weighted by atomic mass is 10.1. The zero-order chi connectivity index (χ0) is 21.9. The molecular formula is C24H18N4O4. The molecule has 8 heteroatoms. The van der Waals surface area contributed by atoms with E-state index in [0.717, 1.165) is 5.69 Å². The van der Waals surface area contributed by atoms with Gasteiger partial charge in [-0.15, -0.1) is 0 Å². The summed E-state index contributed by atoms with van der Waals surface area (Å²) in [5.74, 6) is 0.454. The number of carbonyl (C=O) groups excluding carboxylic acids is 2. The van der Waals surface area contributed by atoms with E-state index < -0.39 is 0 Å². The van der Waals surface area contributed by atoms with E-state index in [1.807, 2.05) is 30.3 Å². The predicted molar refractivity (Wildman–Crippen MR) is 118 cm³/mol. The first-order valence-electron chi connectivity index (χ1n) is 9.88. The van der Waals surface area contributed by atoms with Gasteiger partial charge in [0, 0.05) is 17.4 Å². The molecule has 0 unspecified atom stereocenters. The summed E-state index contributed by atoms with van der Waals surface area (Å²) in [5.41, 5.74) is 2.43. The van der Waals surface area contributed by atoms with E-state index in [-0.39, 0.29) is 18.6 Å². The molecule has 8 nitrogen and oxygen atoms in total. The molecule has 2 amide bonds. The molecule has 158 valence electrons. The van der Waals surface area contributed by atoms with Crippen molar-refractivity contribution in [3.63, 3.8) is 0 Å². The zero-order valence-electron chi connectivity index (χ0n) is 16.8. The number of fused-ring (bicyclic) bond motifs is 1. The molecule has 0 bridgehead atoms. The van der Waals surface area contributed by atoms with Crippen LogP contribution in [-0.4, -0.2) is 28.2 Å². The second kappa shape index (κ2) is 8.27. The number of rotatable bonds is 5. The number of imidazole rings is 1. The number of aromatic nitrogens is 2. The third kappa shape index (κ3) is 3.77. The maximum absolute atomic E-state index is 13.0. The second-order valence-electron chi connectivity index (χ2n) is 7.01. The summed E-state index contributed by atoms with van der Waals surface area (Å²) in [6, 6.07) is 21.4. The Labute approximate surface area is 183 Å². The number of anilines is 2. The molecule has 5 rings (SSSR count). The number of para-hydroxylation sites is 2. The van der Waals surface area contributed by atoms with Crippen molar-refractivity contribution in [2.75, 3.05) is 17.4 Å². The van der Waals surface area contributed by atoms with E-state index in [9.17, 15) is 9.59 Å². The van der Waals surface area contributed by atoms with Crippen LogP contribution >= 0.6 is 0 Å². The summed E-state index contributed by atoms with van der Waals surface area (Å²) in [4.78, 5) is 30.0. The third-order valence-electron chi connectivity index (χ3n) is 4.96. The summed E-state index contributed by atoms with van der Waals surface area (Å²) in [6.07, 6.45) is 3.06. The van der Waals surface area contributed by atoms with Crippen molar-refractivity contribution in [3.05, 3.63) is 96.6 Å². The van der Waals surface area contributed by atoms with Gasteiger partial charge in [-0.05, 0) is 36.4 Å². The van der Waals surface area contributed by atoms with Crippen molar-refractivity contribution in [3.8, 4) is 17.2 Å². The normalized spacial score (nSPS) is 11.8. The lowest BCUT2D eigenvalue weighted by molar-refractivity contribution is 0.102. The number of nitrogens with one attached hydrogen (secondary N) is 2. The predicted octanol–water partition coefficient (Wildman–Crippen LogP) is 4.11. The fraction of sp³-hybridized carbons (Fsp3) is 0.0417. The van der Waals surface area contributed by atoms with Crippen molar-refractivity contribution < 1.29 is 19.1 Å². The summed E-state index contributed by atoms with van der Waals surface area (Å²) in [7, 11) is 0. The Hall–Kier alpha value is -4.59. The van der Waals surface area contributed by atoms with Gasteiger partial charge in [0.1, 0.15) is 5.69 Å². The minimum atomic E-state index is -0.380. The van der Waals surface area contributed by atoms with Crippen molar-refractivity contribution in [1.82, 2.24) is 9.55 Å². The van der Waals surface area contributed by atoms with Crippen LogP contribution in [0, 0.1) is 0 Å². The van der Waals surface area contributed by atoms with Crippen LogP contribution in [-0.2, 0) is 0 Å². The molecule has 0 spiro atoms. The monoisotopic (exact) mass is 426 g/mol. The molecule has 0 fully saturated rings. The van der Waals surface area contributed by atoms with Gasteiger partial charge in [-0.3, -0.25) is 14.2 Å². The van der Waals surface area contributed by atoms with Crippen molar-refractivity contribution in [2.45, 2.75) is 0 Å². The lowest BCUT2D eigenvalue weighted by Crippen LogP contribution is -2.20. The summed E-state index contributed by atoms with van der Waals surface area (Å²) in [5, 5.41) is 5.66. The molecule has 0 saturated carbocycles. The summed E-state index contributed by atoms with van der Waals surface area (Å²) >= 11 is 0. The smallest absolute Gasteiger partial charge is 0.274 e. The van der Waals surface area contributed by atoms with Gasteiger partial charge >= 0.3 is 0 Å². The Morgan fingerprint density at radius 3 is 2.50 bits per heavy atom. The van der Waals surface area contributed by atoms with E-state index in [2.05, 4.69) is 15.6 Å². The number of carbonyl (C=O) groups is 2. The quantitative estimate of drug-likeness (QED) is 0.501. The minimum absolute atomic E-state index is 0.154. The van der Waals surface area contributed by atoms with Gasteiger partial charge in [0.2, 0.25) is 6.79 Å². The Morgan fingerprint density at radius 2 is 1.62 bits per heavy atom. The molecular weight excluding hydrogens is 408 g/mol. The number of ether oxygens (including phenoxy) is 2. The van der Waals surface area contributed by atoms with Crippen LogP contribution in [0.4, 0.5) is 11.4 Å². The van der Waals surface area contributed by atoms with Crippen LogP contribution in [0.15, 0.2) is 85.3 Å². The first-order valence-corrected chi connectivity index (χ1v) is 9.88. The van der Waals surface area contributed by atoms with E-state index in [0.29, 0.717) is 34.1 Å². The average Bonchev–Trinajstić information content (AvgIpc) is 3.49. The molecule has 1 aromatic heterocycles. The van der Waals surface area contributed by atoms with Crippen LogP contribution in [0.3, 0.4) is 0 Å². The summed E-state index contributed by atoms with van der Waals surface area (Å²) in [6.45, 7) is 0.154. The van der Waals surface area contributed by atoms with Crippen molar-refractivity contribution in [1.29, 1.82) is 0 Å². The Balaban J connectivity index is 1.37. The fourth-order valence-electron chi connectivity index (χ4n) is 3.41. The molecule has 4 aromatic rings. The van der Waals surface area contributed by atoms with E-state index >= 15 is 0 Å². The van der Waals surface area contributed by atoms with Gasteiger partial charge in [-0.25, -0.2) is 4.98 Å². The molecule has 0 aliphatic carbocycles. The highest BCUT2D eigenvalue weighted by Crippen LogP contribution is 2.34. The highest BCUT2D eigenvalue weighted by molar-refractivity contribution is 6.12. The molecule has 3 aromatic carbocycles. The topological polar surface area (TPSA) is 94.5 Å². The van der Waals surface area contributed by atoms with Gasteiger partial charge < -0.3 is 20.1 Å². The van der Waals surface area contributed by atoms with Crippen LogP contribution in [0.25, 0.3) is 5.69 Å². The second-order valence-corrected chi connectivity index (χ2v) is 7.01. The Kier molecular flexibility index (Phi) is 5.01. The maximum Gasteiger partial charge on any atom is 0.274 e. The number of benzene rings is 3. The molecule has 32 heavy (non-hydrogen) atoms. The van der Waals surface area contributed by atoms with Gasteiger partial charge in [-0.1, -0.05) is 30.3 Å². The minimum Gasteiger partial charge on any atom is -0.454 e. The molecule has 1 aliphatic heterocycles. The van der Waals surface area contributed by atoms with Gasteiger partial charge in [0.25, 0.3) is 11.8 Å². The van der Waals surface area contributed by atoms with Crippen LogP contribution in [0.1, 0.15) is 20.8 Å². The molecule has 2 N–H and O–H groups in total.